The Balaban J connectivity index is 0.00000400. The van der Waals surface area contributed by atoms with Gasteiger partial charge in [0.15, 0.2) is 0 Å². The van der Waals surface area contributed by atoms with Gasteiger partial charge in [-0.25, -0.2) is 0 Å². The van der Waals surface area contributed by atoms with Crippen LogP contribution in [0.5, 0.6) is 0 Å². The Morgan fingerprint density at radius 1 is 1.50 bits per heavy atom. The fourth-order valence-electron chi connectivity index (χ4n) is 1.75. The number of nitrogens with two attached hydrogens (primary N) is 1. The van der Waals surface area contributed by atoms with E-state index in [1.54, 1.807) is 18.4 Å². The summed E-state index contributed by atoms with van der Waals surface area (Å²) in [6.07, 6.45) is 11.3. The van der Waals surface area contributed by atoms with Gasteiger partial charge in [0.1, 0.15) is 0 Å². The summed E-state index contributed by atoms with van der Waals surface area (Å²) < 4.78 is 0. The normalized spacial score (nSPS) is 10.8. The van der Waals surface area contributed by atoms with Crippen LogP contribution in [0.1, 0.15) is 25.9 Å². The molecule has 3 heteroatoms. The van der Waals surface area contributed by atoms with Crippen LogP contribution in [0.2, 0.25) is 0 Å². The second kappa shape index (κ2) is 7.79. The molecular formula is C17H23N3. The fourth-order valence-corrected chi connectivity index (χ4v) is 1.75. The van der Waals surface area contributed by atoms with Crippen LogP contribution in [-0.2, 0) is 0 Å². The van der Waals surface area contributed by atoms with Crippen molar-refractivity contribution < 1.29 is 1.43 Å². The molecule has 0 amide bonds. The Hall–Kier alpha value is -2.55. The van der Waals surface area contributed by atoms with E-state index in [-0.39, 0.29) is 1.43 Å². The van der Waals surface area contributed by atoms with Crippen molar-refractivity contribution in [3.8, 4) is 0 Å². The number of anilines is 2. The molecule has 0 aliphatic carbocycles. The molecule has 0 heterocycles. The molecule has 4 N–H and O–H groups in total. The Labute approximate surface area is 122 Å². The lowest BCUT2D eigenvalue weighted by Crippen LogP contribution is -2.00. The maximum absolute atomic E-state index is 7.38. The molecule has 0 aromatic heterocycles. The average Bonchev–Trinajstić information content (AvgIpc) is 2.46. The van der Waals surface area contributed by atoms with Crippen molar-refractivity contribution in [3.05, 3.63) is 66.9 Å². The molecule has 0 aliphatic heterocycles. The van der Waals surface area contributed by atoms with Gasteiger partial charge in [0.05, 0.1) is 0 Å². The average molecular weight is 269 g/mol. The van der Waals surface area contributed by atoms with Crippen LogP contribution in [-0.4, -0.2) is 6.21 Å². The molecule has 0 fully saturated rings. The van der Waals surface area contributed by atoms with Crippen molar-refractivity contribution >= 4 is 23.2 Å². The maximum atomic E-state index is 7.38. The largest absolute Gasteiger partial charge is 0.398 e. The van der Waals surface area contributed by atoms with Crippen molar-refractivity contribution in [2.45, 2.75) is 13.3 Å². The van der Waals surface area contributed by atoms with E-state index in [0.717, 1.165) is 23.2 Å². The minimum Gasteiger partial charge on any atom is -0.398 e. The fraction of sp³-hybridized carbons (Fsp3) is 0.118. The van der Waals surface area contributed by atoms with E-state index in [2.05, 4.69) is 18.5 Å². The quantitative estimate of drug-likeness (QED) is 0.293. The smallest absolute Gasteiger partial charge is 0.0464 e. The van der Waals surface area contributed by atoms with E-state index in [1.165, 1.54) is 6.21 Å². The van der Waals surface area contributed by atoms with Gasteiger partial charge in [0, 0.05) is 36.3 Å². The number of benzene rings is 1. The molecule has 0 saturated carbocycles. The van der Waals surface area contributed by atoms with E-state index >= 15 is 0 Å². The molecule has 0 unspecified atom stereocenters. The summed E-state index contributed by atoms with van der Waals surface area (Å²) in [6, 6.07) is 3.71. The summed E-state index contributed by atoms with van der Waals surface area (Å²) in [4.78, 5) is 0. The summed E-state index contributed by atoms with van der Waals surface area (Å²) in [5.41, 5.74) is 10.0. The van der Waals surface area contributed by atoms with Gasteiger partial charge in [0.2, 0.25) is 0 Å². The highest BCUT2D eigenvalue weighted by molar-refractivity contribution is 5.91. The number of hydrogen-bond acceptors (Lipinski definition) is 3. The first kappa shape index (κ1) is 15.5. The summed E-state index contributed by atoms with van der Waals surface area (Å²) in [7, 11) is 0. The monoisotopic (exact) mass is 269 g/mol. The van der Waals surface area contributed by atoms with Gasteiger partial charge >= 0.3 is 0 Å². The van der Waals surface area contributed by atoms with Gasteiger partial charge < -0.3 is 16.5 Å². The van der Waals surface area contributed by atoms with Crippen LogP contribution in [0.25, 0.3) is 5.57 Å². The standard InChI is InChI=1S/C17H21N3.H2/c1-4-6-8-13(3)15-11-16(19)14(12-18)10-17(15)20-9-7-5-2;/h4-7,9-12,18,20H,2-3,8,19H2,1H3;1H/b6-4-,9-7+,18-12?;. The van der Waals surface area contributed by atoms with Gasteiger partial charge in [-0.15, -0.1) is 0 Å². The molecule has 0 spiro atoms. The zero-order valence-corrected chi connectivity index (χ0v) is 11.8. The molecule has 0 aliphatic rings. The zero-order valence-electron chi connectivity index (χ0n) is 11.8. The highest BCUT2D eigenvalue weighted by Gasteiger charge is 2.08. The van der Waals surface area contributed by atoms with Crippen LogP contribution in [0.4, 0.5) is 11.4 Å². The SMILES string of the molecule is C=C/C=C/Nc1cc(C=N)c(N)cc1C(=C)C/C=C\C.[HH]. The van der Waals surface area contributed by atoms with Crippen LogP contribution < -0.4 is 11.1 Å². The van der Waals surface area contributed by atoms with Crippen molar-refractivity contribution in [1.29, 1.82) is 5.41 Å². The lowest BCUT2D eigenvalue weighted by atomic mass is 9.99. The molecule has 1 rings (SSSR count). The van der Waals surface area contributed by atoms with Crippen LogP contribution in [0.3, 0.4) is 0 Å². The molecule has 106 valence electrons. The summed E-state index contributed by atoms with van der Waals surface area (Å²) in [5, 5.41) is 10.6. The van der Waals surface area contributed by atoms with Crippen molar-refractivity contribution in [3.63, 3.8) is 0 Å². The third-order valence-corrected chi connectivity index (χ3v) is 2.83. The lowest BCUT2D eigenvalue weighted by molar-refractivity contribution is 1.37. The van der Waals surface area contributed by atoms with E-state index in [1.807, 2.05) is 31.2 Å². The summed E-state index contributed by atoms with van der Waals surface area (Å²) >= 11 is 0. The minimum absolute atomic E-state index is 0. The Kier molecular flexibility index (Phi) is 6.04. The van der Waals surface area contributed by atoms with Gasteiger partial charge in [-0.1, -0.05) is 31.4 Å². The molecule has 1 aromatic rings. The molecule has 0 bridgehead atoms. The number of nitrogen functional groups attached to an aromatic ring is 1. The molecule has 0 radical (unpaired) electrons. The van der Waals surface area contributed by atoms with Crippen molar-refractivity contribution in [2.75, 3.05) is 11.1 Å². The third kappa shape index (κ3) is 3.99. The first-order chi connectivity index (χ1) is 9.63. The second-order valence-corrected chi connectivity index (χ2v) is 4.29. The highest BCUT2D eigenvalue weighted by atomic mass is 14.8. The zero-order chi connectivity index (χ0) is 15.0. The Morgan fingerprint density at radius 3 is 2.85 bits per heavy atom. The predicted molar refractivity (Wildman–Crippen MR) is 92.3 cm³/mol. The van der Waals surface area contributed by atoms with E-state index in [4.69, 9.17) is 11.1 Å². The first-order valence-electron chi connectivity index (χ1n) is 6.41. The number of hydrogen-bond donors (Lipinski definition) is 3. The molecule has 20 heavy (non-hydrogen) atoms. The summed E-state index contributed by atoms with van der Waals surface area (Å²) in [6.45, 7) is 9.71. The minimum atomic E-state index is 0. The van der Waals surface area contributed by atoms with Crippen molar-refractivity contribution in [1.82, 2.24) is 0 Å². The van der Waals surface area contributed by atoms with Gasteiger partial charge in [-0.2, -0.15) is 0 Å². The number of nitrogens with one attached hydrogen (secondary N) is 2. The lowest BCUT2D eigenvalue weighted by Gasteiger charge is -2.14. The van der Waals surface area contributed by atoms with Gasteiger partial charge in [-0.3, -0.25) is 0 Å². The first-order valence-corrected chi connectivity index (χ1v) is 6.41. The van der Waals surface area contributed by atoms with E-state index in [0.29, 0.717) is 11.3 Å². The van der Waals surface area contributed by atoms with Crippen molar-refractivity contribution in [2.24, 2.45) is 0 Å². The topological polar surface area (TPSA) is 61.9 Å². The molecule has 3 nitrogen and oxygen atoms in total. The van der Waals surface area contributed by atoms with Crippen LogP contribution in [0.15, 0.2) is 55.8 Å². The molecule has 0 saturated heterocycles. The van der Waals surface area contributed by atoms with E-state index < -0.39 is 0 Å². The summed E-state index contributed by atoms with van der Waals surface area (Å²) in [5.74, 6) is 0. The Bertz CT molecular complexity index is 572. The van der Waals surface area contributed by atoms with Gasteiger partial charge in [-0.05, 0) is 37.1 Å². The second-order valence-electron chi connectivity index (χ2n) is 4.29. The molecule has 0 atom stereocenters. The van der Waals surface area contributed by atoms with Crippen LogP contribution >= 0.6 is 0 Å². The molecular weight excluding hydrogens is 246 g/mol. The number of rotatable bonds is 7. The molecule has 1 aromatic carbocycles. The van der Waals surface area contributed by atoms with E-state index in [9.17, 15) is 0 Å². The predicted octanol–water partition coefficient (Wildman–Crippen LogP) is 4.60. The Morgan fingerprint density at radius 2 is 2.25 bits per heavy atom. The van der Waals surface area contributed by atoms with Gasteiger partial charge in [0.25, 0.3) is 0 Å². The third-order valence-electron chi connectivity index (χ3n) is 2.83. The van der Waals surface area contributed by atoms with Crippen LogP contribution in [0, 0.1) is 5.41 Å². The number of allylic oxidation sites excluding steroid dienone is 5. The maximum Gasteiger partial charge on any atom is 0.0464 e. The highest BCUT2D eigenvalue weighted by Crippen LogP contribution is 2.29.